The fraction of sp³-hybridized carbons (Fsp3) is 0.286. The summed E-state index contributed by atoms with van der Waals surface area (Å²) in [6.45, 7) is 2.40. The van der Waals surface area contributed by atoms with Crippen molar-refractivity contribution in [3.05, 3.63) is 34.3 Å². The summed E-state index contributed by atoms with van der Waals surface area (Å²) in [5.74, 6) is 1.68. The third kappa shape index (κ3) is 4.09. The molecular formula is C14H18N4O2S. The minimum absolute atomic E-state index is 0.300. The number of nitrogens with zero attached hydrogens (tertiary/aromatic N) is 2. The Balaban J connectivity index is 2.09. The summed E-state index contributed by atoms with van der Waals surface area (Å²) < 4.78 is 10.5. The number of rotatable bonds is 5. The zero-order valence-electron chi connectivity index (χ0n) is 12.2. The number of nitrogens with one attached hydrogen (secondary N) is 1. The van der Waals surface area contributed by atoms with Gasteiger partial charge in [0.1, 0.15) is 16.5 Å². The molecule has 112 valence electrons. The zero-order chi connectivity index (χ0) is 15.2. The molecule has 0 unspecified atom stereocenters. The largest absolute Gasteiger partial charge is 0.497 e. The summed E-state index contributed by atoms with van der Waals surface area (Å²) in [4.78, 5) is 8.60. The van der Waals surface area contributed by atoms with Crippen LogP contribution < -0.4 is 20.5 Å². The highest BCUT2D eigenvalue weighted by Gasteiger charge is 2.06. The van der Waals surface area contributed by atoms with Gasteiger partial charge in [0.2, 0.25) is 0 Å². The van der Waals surface area contributed by atoms with Crippen LogP contribution in [0.2, 0.25) is 0 Å². The molecule has 7 heteroatoms. The molecule has 0 aliphatic heterocycles. The minimum atomic E-state index is 0.300. The van der Waals surface area contributed by atoms with E-state index in [1.54, 1.807) is 37.7 Å². The molecule has 6 nitrogen and oxygen atoms in total. The maximum atomic E-state index is 5.89. The lowest BCUT2D eigenvalue weighted by atomic mass is 10.2. The van der Waals surface area contributed by atoms with Crippen LogP contribution in [0.15, 0.2) is 28.6 Å². The molecule has 2 rings (SSSR count). The topological polar surface area (TPSA) is 81.8 Å². The van der Waals surface area contributed by atoms with Crippen molar-refractivity contribution in [2.24, 2.45) is 10.7 Å². The number of ether oxygens (including phenoxy) is 2. The normalized spacial score (nSPS) is 11.3. The Hall–Kier alpha value is -2.28. The smallest absolute Gasteiger partial charge is 0.193 e. The van der Waals surface area contributed by atoms with Crippen molar-refractivity contribution in [1.29, 1.82) is 0 Å². The summed E-state index contributed by atoms with van der Waals surface area (Å²) in [6, 6.07) is 5.42. The Bertz CT molecular complexity index is 640. The van der Waals surface area contributed by atoms with E-state index in [2.05, 4.69) is 15.3 Å². The van der Waals surface area contributed by atoms with Crippen LogP contribution in [0.1, 0.15) is 10.7 Å². The van der Waals surface area contributed by atoms with Crippen LogP contribution in [-0.2, 0) is 6.54 Å². The Morgan fingerprint density at radius 2 is 2.19 bits per heavy atom. The SMILES string of the molecule is COc1ccc(OC)c(NC(N)=NCc2nc(C)cs2)c1. The quantitative estimate of drug-likeness (QED) is 0.655. The van der Waals surface area contributed by atoms with Gasteiger partial charge in [0, 0.05) is 17.1 Å². The molecule has 0 atom stereocenters. The van der Waals surface area contributed by atoms with Gasteiger partial charge in [-0.15, -0.1) is 11.3 Å². The van der Waals surface area contributed by atoms with Gasteiger partial charge in [-0.3, -0.25) is 0 Å². The lowest BCUT2D eigenvalue weighted by Crippen LogP contribution is -2.23. The van der Waals surface area contributed by atoms with E-state index in [0.29, 0.717) is 29.7 Å². The van der Waals surface area contributed by atoms with Gasteiger partial charge in [0.15, 0.2) is 5.96 Å². The number of hydrogen-bond acceptors (Lipinski definition) is 5. The predicted molar refractivity (Wildman–Crippen MR) is 85.3 cm³/mol. The van der Waals surface area contributed by atoms with Crippen LogP contribution in [0.25, 0.3) is 0 Å². The number of guanidine groups is 1. The first-order valence-electron chi connectivity index (χ1n) is 6.32. The standard InChI is InChI=1S/C14H18N4O2S/c1-9-8-21-13(17-9)7-16-14(15)18-11-6-10(19-2)4-5-12(11)20-3/h4-6,8H,7H2,1-3H3,(H3,15,16,18). The number of nitrogens with two attached hydrogens (primary N) is 1. The summed E-state index contributed by atoms with van der Waals surface area (Å²) >= 11 is 1.57. The van der Waals surface area contributed by atoms with Gasteiger partial charge in [-0.1, -0.05) is 0 Å². The third-order valence-electron chi connectivity index (χ3n) is 2.72. The third-order valence-corrected chi connectivity index (χ3v) is 3.67. The van der Waals surface area contributed by atoms with Crippen LogP contribution in [0, 0.1) is 6.92 Å². The zero-order valence-corrected chi connectivity index (χ0v) is 13.0. The Kier molecular flexibility index (Phi) is 4.99. The summed E-state index contributed by atoms with van der Waals surface area (Å²) in [5.41, 5.74) is 7.59. The van der Waals surface area contributed by atoms with Gasteiger partial charge >= 0.3 is 0 Å². The first-order valence-corrected chi connectivity index (χ1v) is 7.20. The molecular weight excluding hydrogens is 288 g/mol. The number of methoxy groups -OCH3 is 2. The number of anilines is 1. The molecule has 1 heterocycles. The molecule has 0 amide bonds. The lowest BCUT2D eigenvalue weighted by molar-refractivity contribution is 0.405. The van der Waals surface area contributed by atoms with Crippen molar-refractivity contribution >= 4 is 23.0 Å². The Labute approximate surface area is 127 Å². The van der Waals surface area contributed by atoms with Crippen LogP contribution in [-0.4, -0.2) is 25.2 Å². The number of aromatic nitrogens is 1. The van der Waals surface area contributed by atoms with Gasteiger partial charge in [-0.05, 0) is 19.1 Å². The molecule has 0 fully saturated rings. The van der Waals surface area contributed by atoms with Gasteiger partial charge < -0.3 is 20.5 Å². The second kappa shape index (κ2) is 6.94. The molecule has 0 saturated carbocycles. The van der Waals surface area contributed by atoms with Crippen molar-refractivity contribution in [3.63, 3.8) is 0 Å². The van der Waals surface area contributed by atoms with Gasteiger partial charge in [-0.25, -0.2) is 9.98 Å². The summed E-state index contributed by atoms with van der Waals surface area (Å²) in [5, 5.41) is 5.92. The second-order valence-corrected chi connectivity index (χ2v) is 5.22. The highest BCUT2D eigenvalue weighted by Crippen LogP contribution is 2.28. The number of aliphatic imine (C=N–C) groups is 1. The molecule has 2 aromatic rings. The first-order chi connectivity index (χ1) is 10.1. The molecule has 3 N–H and O–H groups in total. The fourth-order valence-electron chi connectivity index (χ4n) is 1.72. The van der Waals surface area contributed by atoms with E-state index in [1.165, 1.54) is 0 Å². The van der Waals surface area contributed by atoms with Crippen molar-refractivity contribution in [2.45, 2.75) is 13.5 Å². The molecule has 0 aliphatic carbocycles. The predicted octanol–water partition coefficient (Wildman–Crippen LogP) is 2.40. The molecule has 0 spiro atoms. The highest BCUT2D eigenvalue weighted by molar-refractivity contribution is 7.09. The molecule has 0 radical (unpaired) electrons. The average molecular weight is 306 g/mol. The van der Waals surface area contributed by atoms with E-state index in [9.17, 15) is 0 Å². The Morgan fingerprint density at radius 3 is 2.81 bits per heavy atom. The molecule has 0 saturated heterocycles. The van der Waals surface area contributed by atoms with Gasteiger partial charge in [0.05, 0.1) is 26.5 Å². The molecule has 1 aromatic heterocycles. The van der Waals surface area contributed by atoms with E-state index in [1.807, 2.05) is 18.4 Å². The fourth-order valence-corrected chi connectivity index (χ4v) is 2.41. The maximum absolute atomic E-state index is 5.89. The number of aryl methyl sites for hydroxylation is 1. The number of thiazole rings is 1. The van der Waals surface area contributed by atoms with Crippen molar-refractivity contribution in [1.82, 2.24) is 4.98 Å². The van der Waals surface area contributed by atoms with Crippen molar-refractivity contribution < 1.29 is 9.47 Å². The van der Waals surface area contributed by atoms with E-state index >= 15 is 0 Å². The molecule has 0 aliphatic rings. The van der Waals surface area contributed by atoms with Gasteiger partial charge in [-0.2, -0.15) is 0 Å². The second-order valence-electron chi connectivity index (χ2n) is 4.28. The monoisotopic (exact) mass is 306 g/mol. The van der Waals surface area contributed by atoms with Crippen LogP contribution in [0.5, 0.6) is 11.5 Å². The first kappa shape index (κ1) is 15.1. The summed E-state index contributed by atoms with van der Waals surface area (Å²) in [6.07, 6.45) is 0. The van der Waals surface area contributed by atoms with E-state index in [4.69, 9.17) is 15.2 Å². The van der Waals surface area contributed by atoms with E-state index in [-0.39, 0.29) is 0 Å². The molecule has 21 heavy (non-hydrogen) atoms. The summed E-state index contributed by atoms with van der Waals surface area (Å²) in [7, 11) is 3.20. The van der Waals surface area contributed by atoms with E-state index in [0.717, 1.165) is 10.7 Å². The molecule has 0 bridgehead atoms. The maximum Gasteiger partial charge on any atom is 0.193 e. The number of hydrogen-bond donors (Lipinski definition) is 2. The number of benzene rings is 1. The minimum Gasteiger partial charge on any atom is -0.497 e. The molecule has 1 aromatic carbocycles. The van der Waals surface area contributed by atoms with Gasteiger partial charge in [0.25, 0.3) is 0 Å². The van der Waals surface area contributed by atoms with Crippen molar-refractivity contribution in [2.75, 3.05) is 19.5 Å². The van der Waals surface area contributed by atoms with Crippen LogP contribution in [0.3, 0.4) is 0 Å². The average Bonchev–Trinajstić information content (AvgIpc) is 2.90. The Morgan fingerprint density at radius 1 is 1.38 bits per heavy atom. The highest BCUT2D eigenvalue weighted by atomic mass is 32.1. The van der Waals surface area contributed by atoms with Crippen LogP contribution in [0.4, 0.5) is 5.69 Å². The lowest BCUT2D eigenvalue weighted by Gasteiger charge is -2.11. The van der Waals surface area contributed by atoms with E-state index < -0.39 is 0 Å². The van der Waals surface area contributed by atoms with Crippen molar-refractivity contribution in [3.8, 4) is 11.5 Å². The van der Waals surface area contributed by atoms with Crippen LogP contribution >= 0.6 is 11.3 Å².